The Morgan fingerprint density at radius 3 is 2.05 bits per heavy atom. The molecule has 0 fully saturated rings. The van der Waals surface area contributed by atoms with Crippen molar-refractivity contribution >= 4 is 10.1 Å². The first-order valence-electron chi connectivity index (χ1n) is 7.83. The van der Waals surface area contributed by atoms with Crippen LogP contribution < -0.4 is 0 Å². The molecule has 0 unspecified atom stereocenters. The molecular formula is C14H31NO5S. The van der Waals surface area contributed by atoms with Gasteiger partial charge in [-0.05, 0) is 33.6 Å². The van der Waals surface area contributed by atoms with Crippen LogP contribution in [-0.4, -0.2) is 75.8 Å². The zero-order valence-corrected chi connectivity index (χ0v) is 14.5. The fourth-order valence-electron chi connectivity index (χ4n) is 2.32. The lowest BCUT2D eigenvalue weighted by Crippen LogP contribution is -2.50. The molecule has 0 bridgehead atoms. The molecule has 0 saturated heterocycles. The highest BCUT2D eigenvalue weighted by molar-refractivity contribution is 7.85. The Kier molecular flexibility index (Phi) is 11.3. The van der Waals surface area contributed by atoms with Crippen LogP contribution in [0.1, 0.15) is 33.6 Å². The van der Waals surface area contributed by atoms with Gasteiger partial charge in [0, 0.05) is 12.4 Å². The molecule has 0 heterocycles. The van der Waals surface area contributed by atoms with Gasteiger partial charge < -0.3 is 18.5 Å². The van der Waals surface area contributed by atoms with Crippen LogP contribution in [0.3, 0.4) is 0 Å². The Balaban J connectivity index is 4.00. The van der Waals surface area contributed by atoms with Gasteiger partial charge in [-0.1, -0.05) is 0 Å². The number of unbranched alkanes of at least 4 members (excludes halogenated alkanes) is 1. The summed E-state index contributed by atoms with van der Waals surface area (Å²) in [7, 11) is -4.08. The third kappa shape index (κ3) is 11.1. The Morgan fingerprint density at radius 1 is 0.905 bits per heavy atom. The first-order chi connectivity index (χ1) is 9.89. The van der Waals surface area contributed by atoms with E-state index in [4.69, 9.17) is 9.47 Å². The molecule has 0 aromatic carbocycles. The van der Waals surface area contributed by atoms with E-state index in [9.17, 15) is 13.0 Å². The number of ether oxygens (including phenoxy) is 2. The Bertz CT molecular complexity index is 341. The standard InChI is InChI=1S/C14H31NO5S/c1-4-15(5-2,9-7-8-14-21(16,17)18)10-11-20-13-12-19-6-3/h4-14H2,1-3H3. The van der Waals surface area contributed by atoms with Crippen LogP contribution in [0.15, 0.2) is 0 Å². The fourth-order valence-corrected chi connectivity index (χ4v) is 2.87. The van der Waals surface area contributed by atoms with Crippen LogP contribution in [0.2, 0.25) is 0 Å². The summed E-state index contributed by atoms with van der Waals surface area (Å²) >= 11 is 0. The van der Waals surface area contributed by atoms with Crippen molar-refractivity contribution in [1.29, 1.82) is 0 Å². The zero-order valence-electron chi connectivity index (χ0n) is 13.7. The van der Waals surface area contributed by atoms with E-state index in [0.717, 1.165) is 37.1 Å². The minimum Gasteiger partial charge on any atom is -0.748 e. The van der Waals surface area contributed by atoms with E-state index in [-0.39, 0.29) is 5.75 Å². The van der Waals surface area contributed by atoms with E-state index in [1.54, 1.807) is 0 Å². The molecule has 0 rings (SSSR count). The second-order valence-corrected chi connectivity index (χ2v) is 6.72. The van der Waals surface area contributed by atoms with Gasteiger partial charge in [0.05, 0.1) is 49.6 Å². The molecule has 0 aromatic heterocycles. The van der Waals surface area contributed by atoms with Gasteiger partial charge in [0.2, 0.25) is 0 Å². The normalized spacial score (nSPS) is 12.8. The van der Waals surface area contributed by atoms with Gasteiger partial charge in [0.25, 0.3) is 0 Å². The van der Waals surface area contributed by atoms with Crippen LogP contribution in [0, 0.1) is 0 Å². The quantitative estimate of drug-likeness (QED) is 0.273. The van der Waals surface area contributed by atoms with Gasteiger partial charge in [0.15, 0.2) is 0 Å². The van der Waals surface area contributed by atoms with E-state index in [1.165, 1.54) is 0 Å². The van der Waals surface area contributed by atoms with Crippen molar-refractivity contribution in [3.8, 4) is 0 Å². The van der Waals surface area contributed by atoms with Crippen LogP contribution in [-0.2, 0) is 19.6 Å². The number of nitrogens with zero attached hydrogens (tertiary/aromatic N) is 1. The molecule has 0 saturated carbocycles. The second-order valence-electron chi connectivity index (χ2n) is 5.20. The maximum Gasteiger partial charge on any atom is 0.102 e. The third-order valence-corrected chi connectivity index (χ3v) is 4.69. The molecule has 21 heavy (non-hydrogen) atoms. The topological polar surface area (TPSA) is 75.7 Å². The van der Waals surface area contributed by atoms with E-state index < -0.39 is 10.1 Å². The first kappa shape index (κ1) is 20.8. The van der Waals surface area contributed by atoms with Gasteiger partial charge in [-0.2, -0.15) is 0 Å². The van der Waals surface area contributed by atoms with Gasteiger partial charge in [-0.25, -0.2) is 8.42 Å². The van der Waals surface area contributed by atoms with E-state index in [0.29, 0.717) is 32.8 Å². The molecule has 0 aromatic rings. The monoisotopic (exact) mass is 325 g/mol. The van der Waals surface area contributed by atoms with Gasteiger partial charge >= 0.3 is 0 Å². The van der Waals surface area contributed by atoms with Crippen molar-refractivity contribution in [2.45, 2.75) is 33.6 Å². The molecule has 0 aliphatic carbocycles. The maximum atomic E-state index is 10.6. The summed E-state index contributed by atoms with van der Waals surface area (Å²) < 4.78 is 43.5. The molecule has 0 atom stereocenters. The molecular weight excluding hydrogens is 294 g/mol. The number of rotatable bonds is 14. The summed E-state index contributed by atoms with van der Waals surface area (Å²) in [5.74, 6) is -0.259. The lowest BCUT2D eigenvalue weighted by molar-refractivity contribution is -0.925. The molecule has 0 radical (unpaired) electrons. The van der Waals surface area contributed by atoms with Crippen LogP contribution in [0.5, 0.6) is 0 Å². The molecule has 0 amide bonds. The zero-order chi connectivity index (χ0) is 16.2. The average Bonchev–Trinajstić information content (AvgIpc) is 2.44. The predicted octanol–water partition coefficient (Wildman–Crippen LogP) is 1.22. The number of quaternary nitrogens is 1. The highest BCUT2D eigenvalue weighted by Crippen LogP contribution is 2.09. The Labute approximate surface area is 129 Å². The number of hydrogen-bond acceptors (Lipinski definition) is 5. The van der Waals surface area contributed by atoms with E-state index in [2.05, 4.69) is 13.8 Å². The van der Waals surface area contributed by atoms with Crippen molar-refractivity contribution in [3.63, 3.8) is 0 Å². The third-order valence-electron chi connectivity index (χ3n) is 3.90. The molecule has 0 N–H and O–H groups in total. The first-order valence-corrected chi connectivity index (χ1v) is 9.41. The van der Waals surface area contributed by atoms with Crippen molar-refractivity contribution in [3.05, 3.63) is 0 Å². The summed E-state index contributed by atoms with van der Waals surface area (Å²) in [6, 6.07) is 0. The molecule has 6 nitrogen and oxygen atoms in total. The molecule has 0 aliphatic heterocycles. The summed E-state index contributed by atoms with van der Waals surface area (Å²) in [6.07, 6.45) is 1.19. The minimum atomic E-state index is -4.08. The molecule has 128 valence electrons. The van der Waals surface area contributed by atoms with Crippen LogP contribution in [0.25, 0.3) is 0 Å². The predicted molar refractivity (Wildman–Crippen MR) is 82.2 cm³/mol. The summed E-state index contributed by atoms with van der Waals surface area (Å²) in [5.41, 5.74) is 0. The van der Waals surface area contributed by atoms with E-state index in [1.807, 2.05) is 6.92 Å². The SMILES string of the molecule is CCOCCOCC[N+](CC)(CC)CCCCS(=O)(=O)[O-]. The highest BCUT2D eigenvalue weighted by Gasteiger charge is 2.22. The van der Waals surface area contributed by atoms with Crippen molar-refractivity contribution in [2.75, 3.05) is 58.4 Å². The Hall–Kier alpha value is -0.210. The molecule has 7 heteroatoms. The van der Waals surface area contributed by atoms with Crippen molar-refractivity contribution in [2.24, 2.45) is 0 Å². The largest absolute Gasteiger partial charge is 0.748 e. The van der Waals surface area contributed by atoms with E-state index >= 15 is 0 Å². The fraction of sp³-hybridized carbons (Fsp3) is 1.00. The average molecular weight is 325 g/mol. The number of likely N-dealkylation sites (N-methyl/N-ethyl adjacent to an activating group) is 1. The van der Waals surface area contributed by atoms with Gasteiger partial charge in [0.1, 0.15) is 6.54 Å². The van der Waals surface area contributed by atoms with Gasteiger partial charge in [-0.3, -0.25) is 0 Å². The van der Waals surface area contributed by atoms with Crippen LogP contribution in [0.4, 0.5) is 0 Å². The Morgan fingerprint density at radius 2 is 1.52 bits per heavy atom. The molecule has 0 aliphatic rings. The van der Waals surface area contributed by atoms with Crippen molar-refractivity contribution < 1.29 is 26.9 Å². The van der Waals surface area contributed by atoms with Gasteiger partial charge in [-0.15, -0.1) is 0 Å². The lowest BCUT2D eigenvalue weighted by Gasteiger charge is -2.37. The highest BCUT2D eigenvalue weighted by atomic mass is 32.2. The lowest BCUT2D eigenvalue weighted by atomic mass is 10.2. The second kappa shape index (κ2) is 11.4. The smallest absolute Gasteiger partial charge is 0.102 e. The summed E-state index contributed by atoms with van der Waals surface area (Å²) in [5, 5.41) is 0. The van der Waals surface area contributed by atoms with Crippen LogP contribution >= 0.6 is 0 Å². The summed E-state index contributed by atoms with van der Waals surface area (Å²) in [6.45, 7) is 12.6. The maximum absolute atomic E-state index is 10.6. The molecule has 0 spiro atoms. The minimum absolute atomic E-state index is 0.259. The van der Waals surface area contributed by atoms with Crippen molar-refractivity contribution in [1.82, 2.24) is 0 Å². The number of hydrogen-bond donors (Lipinski definition) is 0. The summed E-state index contributed by atoms with van der Waals surface area (Å²) in [4.78, 5) is 0.